The van der Waals surface area contributed by atoms with Gasteiger partial charge in [0.05, 0.1) is 25.1 Å². The lowest BCUT2D eigenvalue weighted by molar-refractivity contribution is -0.127. The molecule has 0 unspecified atom stereocenters. The first-order valence-electron chi connectivity index (χ1n) is 7.23. The fourth-order valence-electron chi connectivity index (χ4n) is 1.81. The van der Waals surface area contributed by atoms with E-state index in [1.807, 2.05) is 0 Å². The molecule has 0 saturated carbocycles. The normalized spacial score (nSPS) is 11.1. The van der Waals surface area contributed by atoms with Crippen molar-refractivity contribution in [2.75, 3.05) is 20.3 Å². The van der Waals surface area contributed by atoms with Crippen LogP contribution in [0.4, 0.5) is 4.39 Å². The second kappa shape index (κ2) is 9.25. The second-order valence-corrected chi connectivity index (χ2v) is 4.57. The van der Waals surface area contributed by atoms with Crippen LogP contribution in [0.5, 0.6) is 11.6 Å². The molecule has 2 aromatic rings. The van der Waals surface area contributed by atoms with E-state index in [2.05, 4.69) is 25.4 Å². The van der Waals surface area contributed by atoms with Gasteiger partial charge in [-0.05, 0) is 12.1 Å². The first-order valence-corrected chi connectivity index (χ1v) is 7.23. The molecule has 0 atom stereocenters. The fraction of sp³-hybridized carbons (Fsp3) is 0.200. The number of ether oxygens (including phenoxy) is 1. The molecular weight excluding hydrogens is 351 g/mol. The van der Waals surface area contributed by atoms with E-state index >= 15 is 0 Å². The van der Waals surface area contributed by atoms with Gasteiger partial charge in [-0.2, -0.15) is 4.39 Å². The average molecular weight is 366 g/mol. The van der Waals surface area contributed by atoms with E-state index in [4.69, 9.17) is 14.7 Å². The summed E-state index contributed by atoms with van der Waals surface area (Å²) in [5, 5.41) is 12.3. The minimum absolute atomic E-state index is 0.00221. The van der Waals surface area contributed by atoms with Gasteiger partial charge < -0.3 is 19.7 Å². The largest absolute Gasteiger partial charge is 0.436 e. The minimum Gasteiger partial charge on any atom is -0.436 e. The highest BCUT2D eigenvalue weighted by Crippen LogP contribution is 2.25. The highest BCUT2D eigenvalue weighted by Gasteiger charge is 2.21. The van der Waals surface area contributed by atoms with Crippen molar-refractivity contribution >= 4 is 11.6 Å². The summed E-state index contributed by atoms with van der Waals surface area (Å²) in [5.41, 5.74) is 0.944. The molecule has 1 aromatic heterocycles. The van der Waals surface area contributed by atoms with Crippen molar-refractivity contribution in [3.8, 4) is 11.6 Å². The minimum atomic E-state index is -1.22. The van der Waals surface area contributed by atoms with Gasteiger partial charge in [-0.15, -0.1) is 0 Å². The van der Waals surface area contributed by atoms with Gasteiger partial charge in [-0.3, -0.25) is 14.4 Å². The fourth-order valence-corrected chi connectivity index (χ4v) is 1.81. The molecule has 0 aliphatic rings. The lowest BCUT2D eigenvalue weighted by atomic mass is 10.1. The zero-order valence-electron chi connectivity index (χ0n) is 13.6. The molecule has 1 aromatic carbocycles. The van der Waals surface area contributed by atoms with Crippen molar-refractivity contribution < 1.29 is 28.7 Å². The molecule has 138 valence electrons. The summed E-state index contributed by atoms with van der Waals surface area (Å²) >= 11 is 0. The van der Waals surface area contributed by atoms with Crippen molar-refractivity contribution in [3.05, 3.63) is 52.3 Å². The van der Waals surface area contributed by atoms with Crippen LogP contribution in [0.15, 0.2) is 40.5 Å². The molecule has 26 heavy (non-hydrogen) atoms. The molecule has 0 radical (unpaired) electrons. The van der Waals surface area contributed by atoms with Crippen LogP contribution >= 0.6 is 0 Å². The molecule has 0 aliphatic carbocycles. The van der Waals surface area contributed by atoms with Crippen molar-refractivity contribution in [2.45, 2.75) is 0 Å². The molecular formula is C15H15FN4O6. The van der Waals surface area contributed by atoms with E-state index in [1.165, 1.54) is 19.2 Å². The molecule has 0 fully saturated rings. The van der Waals surface area contributed by atoms with Crippen LogP contribution in [-0.2, 0) is 14.5 Å². The third-order valence-corrected chi connectivity index (χ3v) is 2.87. The predicted molar refractivity (Wildman–Crippen MR) is 86.1 cm³/mol. The number of aromatic nitrogens is 2. The number of hydrogen-bond acceptors (Lipinski definition) is 8. The van der Waals surface area contributed by atoms with E-state index in [0.717, 1.165) is 6.33 Å². The number of halogens is 1. The summed E-state index contributed by atoms with van der Waals surface area (Å²) in [5.74, 6) is -2.59. The summed E-state index contributed by atoms with van der Waals surface area (Å²) in [7, 11) is 1.23. The Kier molecular flexibility index (Phi) is 6.76. The Balaban J connectivity index is 2.36. The van der Waals surface area contributed by atoms with Gasteiger partial charge in [-0.1, -0.05) is 17.3 Å². The highest BCUT2D eigenvalue weighted by atomic mass is 19.1. The van der Waals surface area contributed by atoms with Gasteiger partial charge >= 0.3 is 0 Å². The van der Waals surface area contributed by atoms with Crippen molar-refractivity contribution in [3.63, 3.8) is 0 Å². The Hall–Kier alpha value is -3.31. The van der Waals surface area contributed by atoms with Crippen LogP contribution < -0.4 is 15.8 Å². The zero-order chi connectivity index (χ0) is 18.9. The summed E-state index contributed by atoms with van der Waals surface area (Å²) < 4.78 is 19.1. The average Bonchev–Trinajstić information content (AvgIpc) is 2.64. The van der Waals surface area contributed by atoms with Crippen molar-refractivity contribution in [2.24, 2.45) is 5.16 Å². The first-order chi connectivity index (χ1) is 12.6. The Labute approximate surface area is 146 Å². The number of aliphatic hydroxyl groups excluding tert-OH is 1. The number of para-hydroxylation sites is 1. The maximum Gasteiger partial charge on any atom is 0.297 e. The van der Waals surface area contributed by atoms with Gasteiger partial charge in [-0.25, -0.2) is 10.5 Å². The molecule has 0 aliphatic heterocycles. The van der Waals surface area contributed by atoms with Gasteiger partial charge in [0.1, 0.15) is 12.9 Å². The van der Waals surface area contributed by atoms with E-state index in [1.54, 1.807) is 12.1 Å². The maximum atomic E-state index is 13.8. The van der Waals surface area contributed by atoms with E-state index in [-0.39, 0.29) is 30.2 Å². The van der Waals surface area contributed by atoms with Gasteiger partial charge in [0.15, 0.2) is 5.71 Å². The first kappa shape index (κ1) is 19.0. The molecule has 1 heterocycles. The molecule has 0 spiro atoms. The number of aromatic amines is 1. The molecule has 1 amide bonds. The number of aliphatic hydroxyl groups is 1. The second-order valence-electron chi connectivity index (χ2n) is 4.57. The smallest absolute Gasteiger partial charge is 0.297 e. The Morgan fingerprint density at radius 1 is 1.42 bits per heavy atom. The van der Waals surface area contributed by atoms with Gasteiger partial charge in [0, 0.05) is 0 Å². The highest BCUT2D eigenvalue weighted by molar-refractivity contribution is 6.45. The summed E-state index contributed by atoms with van der Waals surface area (Å²) in [6.07, 6.45) is 0.975. The van der Waals surface area contributed by atoms with Crippen LogP contribution in [0, 0.1) is 5.82 Å². The number of nitrogens with one attached hydrogen (secondary N) is 2. The number of amides is 1. The van der Waals surface area contributed by atoms with Crippen molar-refractivity contribution in [1.29, 1.82) is 0 Å². The number of nitrogens with zero attached hydrogens (tertiary/aromatic N) is 2. The monoisotopic (exact) mass is 366 g/mol. The lowest BCUT2D eigenvalue weighted by Crippen LogP contribution is -2.33. The van der Waals surface area contributed by atoms with Crippen LogP contribution in [0.3, 0.4) is 0 Å². The summed E-state index contributed by atoms with van der Waals surface area (Å²) in [6.45, 7) is -0.434. The molecule has 3 N–H and O–H groups in total. The number of hydrogen-bond donors (Lipinski definition) is 3. The number of carbonyl (C=O) groups is 1. The number of carbonyl (C=O) groups excluding carboxylic acids is 1. The number of hydroxylamine groups is 1. The quantitative estimate of drug-likeness (QED) is 0.342. The van der Waals surface area contributed by atoms with E-state index in [9.17, 15) is 14.0 Å². The third-order valence-electron chi connectivity index (χ3n) is 2.87. The topological polar surface area (TPSA) is 135 Å². The number of rotatable bonds is 8. The van der Waals surface area contributed by atoms with Gasteiger partial charge in [0.25, 0.3) is 17.3 Å². The Morgan fingerprint density at radius 2 is 2.19 bits per heavy atom. The number of oxime groups is 1. The summed E-state index contributed by atoms with van der Waals surface area (Å²) in [4.78, 5) is 38.6. The third kappa shape index (κ3) is 4.62. The Bertz CT molecular complexity index is 854. The zero-order valence-corrected chi connectivity index (χ0v) is 13.6. The van der Waals surface area contributed by atoms with Crippen LogP contribution in [0.2, 0.25) is 0 Å². The van der Waals surface area contributed by atoms with E-state index in [0.29, 0.717) is 0 Å². The standard InChI is InChI=1S/C15H15FN4O6/c1-24-19-12(14(23)20-25-7-6-21)9-4-2-3-5-10(9)26-15-11(16)13(22)17-8-18-15/h2-5,8,21H,6-7H2,1H3,(H,20,23)(H,17,18,22)/b19-12+. The SMILES string of the molecule is CO/N=C(/C(=O)NOCCO)c1ccccc1Oc1nc[nH]c(=O)c1F. The predicted octanol–water partition coefficient (Wildman–Crippen LogP) is 0.0919. The van der Waals surface area contributed by atoms with Crippen LogP contribution in [0.1, 0.15) is 5.56 Å². The molecule has 11 heteroatoms. The number of benzene rings is 1. The summed E-state index contributed by atoms with van der Waals surface area (Å²) in [6, 6.07) is 6.03. The van der Waals surface area contributed by atoms with Crippen LogP contribution in [0.25, 0.3) is 0 Å². The van der Waals surface area contributed by atoms with Crippen molar-refractivity contribution in [1.82, 2.24) is 15.4 Å². The lowest BCUT2D eigenvalue weighted by Gasteiger charge is -2.12. The molecule has 0 saturated heterocycles. The van der Waals surface area contributed by atoms with E-state index < -0.39 is 23.2 Å². The Morgan fingerprint density at radius 3 is 2.92 bits per heavy atom. The maximum absolute atomic E-state index is 13.8. The van der Waals surface area contributed by atoms with Gasteiger partial charge in [0.2, 0.25) is 5.82 Å². The molecule has 2 rings (SSSR count). The molecule has 0 bridgehead atoms. The molecule has 10 nitrogen and oxygen atoms in total. The number of H-pyrrole nitrogens is 1. The van der Waals surface area contributed by atoms with Crippen LogP contribution in [-0.4, -0.2) is 47.0 Å².